The van der Waals surface area contributed by atoms with E-state index in [2.05, 4.69) is 11.6 Å². The third-order valence-electron chi connectivity index (χ3n) is 2.87. The zero-order chi connectivity index (χ0) is 13.1. The highest BCUT2D eigenvalue weighted by Crippen LogP contribution is 2.24. The first-order chi connectivity index (χ1) is 8.65. The molecule has 90 valence electrons. The lowest BCUT2D eigenvalue weighted by atomic mass is 10.1. The van der Waals surface area contributed by atoms with Gasteiger partial charge in [-0.2, -0.15) is 9.65 Å². The lowest BCUT2D eigenvalue weighted by molar-refractivity contribution is 0.446. The van der Waals surface area contributed by atoms with E-state index in [1.165, 1.54) is 10.8 Å². The highest BCUT2D eigenvalue weighted by Gasteiger charge is 2.18. The van der Waals surface area contributed by atoms with Gasteiger partial charge in [0.05, 0.1) is 23.5 Å². The first kappa shape index (κ1) is 12.1. The van der Waals surface area contributed by atoms with Crippen LogP contribution in [0.1, 0.15) is 24.2 Å². The Morgan fingerprint density at radius 3 is 2.72 bits per heavy atom. The molecule has 0 saturated heterocycles. The van der Waals surface area contributed by atoms with Gasteiger partial charge in [-0.25, -0.2) is 4.98 Å². The number of nitriles is 1. The number of halogens is 1. The summed E-state index contributed by atoms with van der Waals surface area (Å²) in [5.41, 5.74) is 1.56. The lowest BCUT2D eigenvalue weighted by Gasteiger charge is -2.16. The van der Waals surface area contributed by atoms with Crippen LogP contribution in [0.15, 0.2) is 43.1 Å². The summed E-state index contributed by atoms with van der Waals surface area (Å²) in [5.74, 6) is 0. The number of hydrogen-bond acceptors (Lipinski definition) is 2. The van der Waals surface area contributed by atoms with E-state index < -0.39 is 6.08 Å². The van der Waals surface area contributed by atoms with Gasteiger partial charge in [0.2, 0.25) is 0 Å². The fraction of sp³-hybridized carbons (Fsp3) is 0.143. The average Bonchev–Trinajstić information content (AvgIpc) is 2.80. The van der Waals surface area contributed by atoms with Crippen molar-refractivity contribution in [1.82, 2.24) is 9.55 Å². The Morgan fingerprint density at radius 2 is 2.11 bits per heavy atom. The molecule has 1 aromatic heterocycles. The fourth-order valence-electron chi connectivity index (χ4n) is 1.87. The van der Waals surface area contributed by atoms with Gasteiger partial charge in [-0.3, -0.25) is 4.57 Å². The molecule has 0 aliphatic carbocycles. The zero-order valence-corrected chi connectivity index (χ0v) is 9.97. The van der Waals surface area contributed by atoms with Gasteiger partial charge in [0.1, 0.15) is 6.07 Å². The Labute approximate surface area is 105 Å². The molecule has 0 N–H and O–H groups in total. The van der Waals surface area contributed by atoms with Crippen molar-refractivity contribution in [2.24, 2.45) is 0 Å². The normalized spacial score (nSPS) is 11.8. The number of imidazole rings is 1. The monoisotopic (exact) mass is 241 g/mol. The van der Waals surface area contributed by atoms with Crippen molar-refractivity contribution in [3.63, 3.8) is 0 Å². The first-order valence-corrected chi connectivity index (χ1v) is 5.52. The number of allylic oxidation sites excluding steroid dienone is 1. The second-order valence-electron chi connectivity index (χ2n) is 3.96. The Bertz CT molecular complexity index is 608. The van der Waals surface area contributed by atoms with Crippen LogP contribution in [0.5, 0.6) is 0 Å². The Kier molecular flexibility index (Phi) is 3.24. The molecule has 0 spiro atoms. The van der Waals surface area contributed by atoms with Crippen molar-refractivity contribution in [2.45, 2.75) is 13.0 Å². The van der Waals surface area contributed by atoms with Gasteiger partial charge < -0.3 is 0 Å². The van der Waals surface area contributed by atoms with Crippen LogP contribution in [0, 0.1) is 17.4 Å². The molecule has 1 atom stereocenters. The van der Waals surface area contributed by atoms with Gasteiger partial charge in [-0.05, 0) is 12.5 Å². The highest BCUT2D eigenvalue weighted by molar-refractivity contribution is 5.72. The average molecular weight is 241 g/mol. The second-order valence-corrected chi connectivity index (χ2v) is 3.96. The van der Waals surface area contributed by atoms with Gasteiger partial charge in [-0.1, -0.05) is 36.9 Å². The van der Waals surface area contributed by atoms with Gasteiger partial charge in [0.25, 0.3) is 6.08 Å². The van der Waals surface area contributed by atoms with Crippen molar-refractivity contribution in [1.29, 1.82) is 5.26 Å². The molecule has 1 unspecified atom stereocenters. The molecule has 18 heavy (non-hydrogen) atoms. The van der Waals surface area contributed by atoms with Crippen LogP contribution in [-0.2, 0) is 0 Å². The largest absolute Gasteiger partial charge is 0.292 e. The third kappa shape index (κ3) is 2.03. The first-order valence-electron chi connectivity index (χ1n) is 5.52. The maximum absolute atomic E-state index is 13.7. The van der Waals surface area contributed by atoms with E-state index in [-0.39, 0.29) is 11.6 Å². The van der Waals surface area contributed by atoms with Crippen LogP contribution < -0.4 is 0 Å². The predicted molar refractivity (Wildman–Crippen MR) is 67.1 cm³/mol. The van der Waals surface area contributed by atoms with E-state index >= 15 is 0 Å². The third-order valence-corrected chi connectivity index (χ3v) is 2.87. The van der Waals surface area contributed by atoms with Crippen LogP contribution in [0.4, 0.5) is 4.39 Å². The SMILES string of the molecule is C=C(C#N)c1cnc(F)n1C(C)c1ccccc1. The number of rotatable bonds is 3. The number of benzene rings is 1. The van der Waals surface area contributed by atoms with E-state index in [1.807, 2.05) is 43.3 Å². The van der Waals surface area contributed by atoms with Gasteiger partial charge in [-0.15, -0.1) is 0 Å². The van der Waals surface area contributed by atoms with Crippen molar-refractivity contribution < 1.29 is 4.39 Å². The van der Waals surface area contributed by atoms with Crippen molar-refractivity contribution in [2.75, 3.05) is 0 Å². The summed E-state index contributed by atoms with van der Waals surface area (Å²) in [5, 5.41) is 8.86. The Hall–Kier alpha value is -2.41. The summed E-state index contributed by atoms with van der Waals surface area (Å²) < 4.78 is 15.1. The van der Waals surface area contributed by atoms with Gasteiger partial charge in [0.15, 0.2) is 0 Å². The van der Waals surface area contributed by atoms with Crippen LogP contribution in [0.25, 0.3) is 5.57 Å². The molecule has 0 fully saturated rings. The lowest BCUT2D eigenvalue weighted by Crippen LogP contribution is -2.12. The molecule has 1 heterocycles. The molecular weight excluding hydrogens is 229 g/mol. The summed E-state index contributed by atoms with van der Waals surface area (Å²) in [4.78, 5) is 3.62. The van der Waals surface area contributed by atoms with Crippen molar-refractivity contribution in [3.05, 3.63) is 60.4 Å². The summed E-state index contributed by atoms with van der Waals surface area (Å²) in [6.45, 7) is 5.46. The highest BCUT2D eigenvalue weighted by atomic mass is 19.1. The summed E-state index contributed by atoms with van der Waals surface area (Å²) in [6, 6.07) is 11.2. The Morgan fingerprint density at radius 1 is 1.44 bits per heavy atom. The fourth-order valence-corrected chi connectivity index (χ4v) is 1.87. The quantitative estimate of drug-likeness (QED) is 0.774. The second kappa shape index (κ2) is 4.84. The van der Waals surface area contributed by atoms with E-state index in [1.54, 1.807) is 0 Å². The molecule has 0 aliphatic heterocycles. The molecule has 0 saturated carbocycles. The van der Waals surface area contributed by atoms with Crippen molar-refractivity contribution >= 4 is 5.57 Å². The molecule has 3 nitrogen and oxygen atoms in total. The number of nitrogens with zero attached hydrogens (tertiary/aromatic N) is 3. The molecule has 2 rings (SSSR count). The van der Waals surface area contributed by atoms with Gasteiger partial charge >= 0.3 is 0 Å². The molecule has 0 radical (unpaired) electrons. The maximum Gasteiger partial charge on any atom is 0.290 e. The molecule has 0 bridgehead atoms. The number of aromatic nitrogens is 2. The summed E-state index contributed by atoms with van der Waals surface area (Å²) in [6.07, 6.45) is 0.720. The zero-order valence-electron chi connectivity index (χ0n) is 9.97. The standard InChI is InChI=1S/C14H12FN3/c1-10(8-16)13-9-17-14(15)18(13)11(2)12-6-4-3-5-7-12/h3-7,9,11H,1H2,2H3. The minimum atomic E-state index is -0.613. The molecule has 0 amide bonds. The maximum atomic E-state index is 13.7. The van der Waals surface area contributed by atoms with E-state index in [9.17, 15) is 4.39 Å². The van der Waals surface area contributed by atoms with Crippen LogP contribution in [-0.4, -0.2) is 9.55 Å². The van der Waals surface area contributed by atoms with Crippen LogP contribution in [0.3, 0.4) is 0 Å². The topological polar surface area (TPSA) is 41.6 Å². The molecule has 0 aliphatic rings. The van der Waals surface area contributed by atoms with E-state index in [0.717, 1.165) is 5.56 Å². The molecule has 2 aromatic rings. The van der Waals surface area contributed by atoms with Gasteiger partial charge in [0, 0.05) is 0 Å². The van der Waals surface area contributed by atoms with Crippen LogP contribution >= 0.6 is 0 Å². The smallest absolute Gasteiger partial charge is 0.290 e. The van der Waals surface area contributed by atoms with E-state index in [4.69, 9.17) is 5.26 Å². The Balaban J connectivity index is 2.49. The van der Waals surface area contributed by atoms with Crippen molar-refractivity contribution in [3.8, 4) is 6.07 Å². The van der Waals surface area contributed by atoms with E-state index in [0.29, 0.717) is 5.69 Å². The molecular formula is C14H12FN3. The van der Waals surface area contributed by atoms with Crippen LogP contribution in [0.2, 0.25) is 0 Å². The predicted octanol–water partition coefficient (Wildman–Crippen LogP) is 3.17. The molecule has 4 heteroatoms. The minimum absolute atomic E-state index is 0.203. The summed E-state index contributed by atoms with van der Waals surface area (Å²) in [7, 11) is 0. The minimum Gasteiger partial charge on any atom is -0.292 e. The summed E-state index contributed by atoms with van der Waals surface area (Å²) >= 11 is 0. The molecule has 1 aromatic carbocycles. The number of hydrogen-bond donors (Lipinski definition) is 0.